The molecule has 0 N–H and O–H groups in total. The van der Waals surface area contributed by atoms with Gasteiger partial charge in [0, 0.05) is 0 Å². The first kappa shape index (κ1) is 13.0. The van der Waals surface area contributed by atoms with E-state index in [-0.39, 0.29) is 0 Å². The molecule has 0 spiro atoms. The summed E-state index contributed by atoms with van der Waals surface area (Å²) >= 11 is 0. The normalized spacial score (nSPS) is 46.7. The Labute approximate surface area is 114 Å². The topological polar surface area (TPSA) is 0 Å². The second kappa shape index (κ2) is 5.55. The lowest BCUT2D eigenvalue weighted by molar-refractivity contribution is 0.104. The van der Waals surface area contributed by atoms with Crippen LogP contribution in [0.4, 0.5) is 0 Å². The lowest BCUT2D eigenvalue weighted by Gasteiger charge is -2.40. The number of rotatable bonds is 2. The molecule has 3 aliphatic rings. The van der Waals surface area contributed by atoms with Crippen molar-refractivity contribution in [1.29, 1.82) is 0 Å². The van der Waals surface area contributed by atoms with Crippen LogP contribution in [0.1, 0.15) is 78.1 Å². The third kappa shape index (κ3) is 2.63. The lowest BCUT2D eigenvalue weighted by Crippen LogP contribution is -2.30. The maximum Gasteiger partial charge on any atom is -0.0383 e. The molecule has 4 atom stereocenters. The Morgan fingerprint density at radius 3 is 2.17 bits per heavy atom. The first-order valence-electron chi connectivity index (χ1n) is 8.74. The summed E-state index contributed by atoms with van der Waals surface area (Å²) in [4.78, 5) is 0. The van der Waals surface area contributed by atoms with Gasteiger partial charge in [0.2, 0.25) is 0 Å². The van der Waals surface area contributed by atoms with E-state index in [1.165, 1.54) is 32.1 Å². The Bertz CT molecular complexity index is 261. The minimum atomic E-state index is 1.01. The highest BCUT2D eigenvalue weighted by atomic mass is 14.4. The largest absolute Gasteiger partial charge is 0.0625 e. The molecule has 0 aliphatic heterocycles. The molecule has 3 aliphatic carbocycles. The van der Waals surface area contributed by atoms with Crippen LogP contribution in [0.5, 0.6) is 0 Å². The van der Waals surface area contributed by atoms with E-state index in [1.807, 2.05) is 0 Å². The fourth-order valence-electron chi connectivity index (χ4n) is 5.41. The van der Waals surface area contributed by atoms with Gasteiger partial charge in [0.15, 0.2) is 0 Å². The number of fused-ring (bicyclic) bond motifs is 1. The summed E-state index contributed by atoms with van der Waals surface area (Å²) in [7, 11) is 0. The van der Waals surface area contributed by atoms with Gasteiger partial charge in [-0.05, 0) is 67.6 Å². The van der Waals surface area contributed by atoms with Crippen LogP contribution in [0.3, 0.4) is 0 Å². The van der Waals surface area contributed by atoms with E-state index in [2.05, 4.69) is 13.8 Å². The molecule has 3 rings (SSSR count). The molecule has 0 amide bonds. The van der Waals surface area contributed by atoms with Gasteiger partial charge in [0.1, 0.15) is 0 Å². The molecule has 0 aromatic carbocycles. The molecule has 0 aromatic heterocycles. The van der Waals surface area contributed by atoms with E-state index in [0.29, 0.717) is 0 Å². The highest BCUT2D eigenvalue weighted by Gasteiger charge is 2.37. The van der Waals surface area contributed by atoms with Gasteiger partial charge in [-0.2, -0.15) is 0 Å². The Balaban J connectivity index is 1.54. The molecule has 0 aromatic rings. The van der Waals surface area contributed by atoms with Crippen LogP contribution >= 0.6 is 0 Å². The lowest BCUT2D eigenvalue weighted by atomic mass is 9.65. The first-order chi connectivity index (χ1) is 8.74. The van der Waals surface area contributed by atoms with Crippen LogP contribution in [-0.4, -0.2) is 0 Å². The molecule has 18 heavy (non-hydrogen) atoms. The average Bonchev–Trinajstić information content (AvgIpc) is 2.86. The zero-order chi connectivity index (χ0) is 12.5. The van der Waals surface area contributed by atoms with Crippen molar-refractivity contribution < 1.29 is 0 Å². The van der Waals surface area contributed by atoms with Crippen LogP contribution < -0.4 is 0 Å². The highest BCUT2D eigenvalue weighted by Crippen LogP contribution is 2.48. The zero-order valence-corrected chi connectivity index (χ0v) is 12.5. The smallest absolute Gasteiger partial charge is 0.0383 e. The van der Waals surface area contributed by atoms with Crippen LogP contribution in [0.2, 0.25) is 0 Å². The van der Waals surface area contributed by atoms with E-state index >= 15 is 0 Å². The van der Waals surface area contributed by atoms with Crippen molar-refractivity contribution in [3.63, 3.8) is 0 Å². The summed E-state index contributed by atoms with van der Waals surface area (Å²) in [5, 5.41) is 0. The number of hydrogen-bond donors (Lipinski definition) is 0. The zero-order valence-electron chi connectivity index (χ0n) is 12.5. The predicted molar refractivity (Wildman–Crippen MR) is 78.5 cm³/mol. The SMILES string of the molecule is CC1CCC(C(C)C2CCC3CCCC3C2)CC1. The Hall–Kier alpha value is 0. The van der Waals surface area contributed by atoms with Gasteiger partial charge in [-0.3, -0.25) is 0 Å². The van der Waals surface area contributed by atoms with Gasteiger partial charge in [0.25, 0.3) is 0 Å². The van der Waals surface area contributed by atoms with E-state index in [4.69, 9.17) is 0 Å². The summed E-state index contributed by atoms with van der Waals surface area (Å²) in [6.45, 7) is 5.05. The summed E-state index contributed by atoms with van der Waals surface area (Å²) in [6, 6.07) is 0. The molecule has 3 fully saturated rings. The van der Waals surface area contributed by atoms with E-state index < -0.39 is 0 Å². The van der Waals surface area contributed by atoms with Gasteiger partial charge in [0.05, 0.1) is 0 Å². The molecule has 0 saturated heterocycles. The molecule has 0 nitrogen and oxygen atoms in total. The number of hydrogen-bond acceptors (Lipinski definition) is 0. The Morgan fingerprint density at radius 1 is 0.722 bits per heavy atom. The van der Waals surface area contributed by atoms with Crippen LogP contribution in [0.25, 0.3) is 0 Å². The van der Waals surface area contributed by atoms with Gasteiger partial charge in [-0.25, -0.2) is 0 Å². The highest BCUT2D eigenvalue weighted by molar-refractivity contribution is 4.88. The standard InChI is InChI=1S/C18H32/c1-13-6-8-15(9-7-13)14(2)17-11-10-16-4-3-5-18(16)12-17/h13-18H,3-12H2,1-2H3. The maximum absolute atomic E-state index is 2.60. The molecule has 3 saturated carbocycles. The molecule has 4 unspecified atom stereocenters. The van der Waals surface area contributed by atoms with Crippen molar-refractivity contribution in [2.24, 2.45) is 35.5 Å². The fraction of sp³-hybridized carbons (Fsp3) is 1.00. The van der Waals surface area contributed by atoms with Gasteiger partial charge < -0.3 is 0 Å². The second-order valence-corrected chi connectivity index (χ2v) is 7.90. The third-order valence-corrected chi connectivity index (χ3v) is 6.88. The maximum atomic E-state index is 2.60. The van der Waals surface area contributed by atoms with E-state index in [9.17, 15) is 0 Å². The minimum absolute atomic E-state index is 1.01. The van der Waals surface area contributed by atoms with E-state index in [0.717, 1.165) is 35.5 Å². The summed E-state index contributed by atoms with van der Waals surface area (Å²) in [6.07, 6.45) is 15.5. The van der Waals surface area contributed by atoms with Crippen molar-refractivity contribution >= 4 is 0 Å². The minimum Gasteiger partial charge on any atom is -0.0625 e. The fourth-order valence-corrected chi connectivity index (χ4v) is 5.41. The summed E-state index contributed by atoms with van der Waals surface area (Å²) < 4.78 is 0. The van der Waals surface area contributed by atoms with Crippen molar-refractivity contribution in [2.75, 3.05) is 0 Å². The molecular formula is C18H32. The van der Waals surface area contributed by atoms with Crippen LogP contribution in [0.15, 0.2) is 0 Å². The molecule has 0 radical (unpaired) electrons. The predicted octanol–water partition coefficient (Wildman–Crippen LogP) is 5.67. The summed E-state index contributed by atoms with van der Waals surface area (Å²) in [5.41, 5.74) is 0. The van der Waals surface area contributed by atoms with Gasteiger partial charge >= 0.3 is 0 Å². The average molecular weight is 248 g/mol. The van der Waals surface area contributed by atoms with Crippen molar-refractivity contribution in [3.05, 3.63) is 0 Å². The monoisotopic (exact) mass is 248 g/mol. The van der Waals surface area contributed by atoms with E-state index in [1.54, 1.807) is 32.1 Å². The first-order valence-corrected chi connectivity index (χ1v) is 8.74. The van der Waals surface area contributed by atoms with Crippen LogP contribution in [0, 0.1) is 35.5 Å². The second-order valence-electron chi connectivity index (χ2n) is 7.90. The van der Waals surface area contributed by atoms with Crippen molar-refractivity contribution in [3.8, 4) is 0 Å². The molecule has 104 valence electrons. The van der Waals surface area contributed by atoms with Crippen LogP contribution in [-0.2, 0) is 0 Å². The van der Waals surface area contributed by atoms with Crippen molar-refractivity contribution in [2.45, 2.75) is 78.1 Å². The molecule has 0 heteroatoms. The molecule has 0 heterocycles. The van der Waals surface area contributed by atoms with Crippen molar-refractivity contribution in [1.82, 2.24) is 0 Å². The quantitative estimate of drug-likeness (QED) is 0.591. The molecular weight excluding hydrogens is 216 g/mol. The van der Waals surface area contributed by atoms with Gasteiger partial charge in [-0.1, -0.05) is 46.0 Å². The summed E-state index contributed by atoms with van der Waals surface area (Å²) in [5.74, 6) is 6.47. The Kier molecular flexibility index (Phi) is 4.01. The molecule has 0 bridgehead atoms. The Morgan fingerprint density at radius 2 is 1.39 bits per heavy atom. The van der Waals surface area contributed by atoms with Gasteiger partial charge in [-0.15, -0.1) is 0 Å². The third-order valence-electron chi connectivity index (χ3n) is 6.88.